The van der Waals surface area contributed by atoms with Crippen molar-refractivity contribution >= 4 is 74.2 Å². The summed E-state index contributed by atoms with van der Waals surface area (Å²) < 4.78 is 80.7. The molecule has 8 rings (SSSR count). The number of ketones is 6. The molecule has 772 valence electrons. The number of piperidine rings is 2. The summed E-state index contributed by atoms with van der Waals surface area (Å²) in [4.78, 5) is 144. The van der Waals surface area contributed by atoms with Crippen LogP contribution in [0.3, 0.4) is 0 Å². The number of hydrogen-bond acceptors (Lipinski definition) is 27. The van der Waals surface area contributed by atoms with Crippen LogP contribution in [0.1, 0.15) is 251 Å². The van der Waals surface area contributed by atoms with Crippen LogP contribution in [-0.2, 0) is 104 Å². The number of aliphatic hydroxyl groups excluding tert-OH is 3. The van der Waals surface area contributed by atoms with E-state index in [0.717, 1.165) is 30.4 Å². The predicted octanol–water partition coefficient (Wildman–Crippen LogP) is 14.4. The van der Waals surface area contributed by atoms with E-state index in [0.29, 0.717) is 120 Å². The van der Waals surface area contributed by atoms with Crippen LogP contribution in [0.2, 0.25) is 0 Å². The second kappa shape index (κ2) is 57.7. The molecule has 32 heteroatoms. The van der Waals surface area contributed by atoms with E-state index in [2.05, 4.69) is 5.09 Å². The van der Waals surface area contributed by atoms with Crippen molar-refractivity contribution in [2.75, 3.05) is 75.7 Å². The average molecular weight is 1970 g/mol. The number of Topliss-reactive ketones (excluding diaryl/α,β-unsaturated/α-hetero) is 6. The minimum atomic E-state index is -2.43. The minimum Gasteiger partial charge on any atom is -0.460 e. The number of nitrogens with zero attached hydrogens (tertiary/aromatic N) is 2. The number of nitrogens with one attached hydrogen (secondary N) is 1. The van der Waals surface area contributed by atoms with Crippen molar-refractivity contribution in [1.29, 1.82) is 0 Å². The zero-order valence-electron chi connectivity index (χ0n) is 86.0. The molecule has 2 aliphatic carbocycles. The van der Waals surface area contributed by atoms with E-state index in [-0.39, 0.29) is 116 Å². The van der Waals surface area contributed by atoms with Gasteiger partial charge in [0.1, 0.15) is 73.6 Å². The fourth-order valence-corrected chi connectivity index (χ4v) is 21.4. The highest BCUT2D eigenvalue weighted by Gasteiger charge is 2.56. The maximum absolute atomic E-state index is 14.5. The fraction of sp³-hybridized carbons (Fsp3) is 0.752. The molecule has 4 saturated heterocycles. The molecule has 2 saturated carbocycles. The van der Waals surface area contributed by atoms with Gasteiger partial charge in [-0.25, -0.2) is 9.59 Å². The minimum absolute atomic E-state index is 0.0153. The van der Waals surface area contributed by atoms with E-state index in [9.17, 15) is 82.6 Å². The first-order valence-corrected chi connectivity index (χ1v) is 53.7. The lowest BCUT2D eigenvalue weighted by Gasteiger charge is -2.42. The number of carbonyl (C=O) groups excluding carboxylic acids is 10. The van der Waals surface area contributed by atoms with Crippen molar-refractivity contribution in [3.63, 3.8) is 0 Å². The summed E-state index contributed by atoms with van der Waals surface area (Å²) >= 11 is 0. The lowest BCUT2D eigenvalue weighted by molar-refractivity contribution is -0.265. The summed E-state index contributed by atoms with van der Waals surface area (Å²) in [5.41, 5.74) is 2.53. The molecule has 0 radical (unpaired) electrons. The Kier molecular flexibility index (Phi) is 50.2. The Morgan fingerprint density at radius 3 is 1.20 bits per heavy atom. The number of cyclic esters (lactones) is 2. The van der Waals surface area contributed by atoms with Crippen LogP contribution in [-0.4, -0.2) is 279 Å². The Hall–Kier alpha value is -6.54. The third-order valence-corrected chi connectivity index (χ3v) is 30.0. The molecule has 31 atom stereocenters. The maximum Gasteiger partial charge on any atom is 0.429 e. The Bertz CT molecular complexity index is 4270. The molecule has 137 heavy (non-hydrogen) atoms. The number of hydrogen-bond donors (Lipinski definition) is 6. The number of methoxy groups -OCH3 is 6. The molecule has 0 spiro atoms. The molecule has 30 nitrogen and oxygen atoms in total. The molecule has 8 aliphatic rings. The predicted molar refractivity (Wildman–Crippen MR) is 524 cm³/mol. The van der Waals surface area contributed by atoms with E-state index in [1.54, 1.807) is 102 Å². The summed E-state index contributed by atoms with van der Waals surface area (Å²) in [6, 6.07) is -2.36. The third-order valence-electron chi connectivity index (χ3n) is 29.3. The highest BCUT2D eigenvalue weighted by Crippen LogP contribution is 2.42. The molecule has 6 heterocycles. The van der Waals surface area contributed by atoms with E-state index in [1.165, 1.54) is 24.0 Å². The van der Waals surface area contributed by atoms with Crippen molar-refractivity contribution in [1.82, 2.24) is 14.9 Å². The SMILES string of the molecule is CO[C@H]1C[C@@H]2CC[C@@H](C)[C@@](O)(O2)C(=O)C(=O)N2CCCCC2C(=O)O[C@H]([C@H](C)C[C@@H]2CCC(N[P+](C)=O)[C@H](OC)C2)CC(=O)[C@H](C)/C=C(\C)[C@@H](O)[C@@H](OC)C(=O)[C@H](C)C[C@H](C)/C=C/C=CC=C1C.CO[C@H]1C[C@@H]2CC[C@@H](C)[C@@](O)(O2)C(=O)C(=O)N2CCCCC2C(=O)O[C@H]([C@H](C)C[C@@H]2CCC(O)[C@H](OC)C2)CC(=O)[C@H](C)/C=C(\C)[C@@H](O)[C@@H](OC)C(=O)[C@H](C)C[C@H](C)/C=C/C=CC=C1C.C[P+](C)=O. The van der Waals surface area contributed by atoms with Crippen LogP contribution in [0.5, 0.6) is 0 Å². The molecule has 5 unspecified atom stereocenters. The number of ether oxygens (including phenoxy) is 10. The normalized spacial score (nSPS) is 37.7. The summed E-state index contributed by atoms with van der Waals surface area (Å²) in [6.45, 7) is 30.5. The van der Waals surface area contributed by atoms with E-state index in [4.69, 9.17) is 47.4 Å². The van der Waals surface area contributed by atoms with Gasteiger partial charge in [0.05, 0.1) is 48.8 Å². The second-order valence-corrected chi connectivity index (χ2v) is 43.5. The molecular weight excluding hydrogens is 1800 g/mol. The van der Waals surface area contributed by atoms with Gasteiger partial charge in [0.15, 0.2) is 18.2 Å². The van der Waals surface area contributed by atoms with Crippen molar-refractivity contribution in [3.05, 3.63) is 95.2 Å². The average Bonchev–Trinajstić information content (AvgIpc) is 0.777. The summed E-state index contributed by atoms with van der Waals surface area (Å²) in [7, 11) is 6.65. The summed E-state index contributed by atoms with van der Waals surface area (Å²) in [6.07, 6.45) is 23.4. The lowest BCUT2D eigenvalue weighted by atomic mass is 9.78. The van der Waals surface area contributed by atoms with Gasteiger partial charge in [-0.15, -0.1) is 5.09 Å². The highest BCUT2D eigenvalue weighted by atomic mass is 31.1. The molecule has 6 N–H and O–H groups in total. The van der Waals surface area contributed by atoms with Crippen LogP contribution in [0.15, 0.2) is 95.2 Å². The largest absolute Gasteiger partial charge is 0.460 e. The number of carbonyl (C=O) groups is 10. The molecule has 6 aliphatic heterocycles. The number of allylic oxidation sites excluding steroid dienone is 12. The number of rotatable bonds is 14. The molecule has 0 aromatic carbocycles. The fourth-order valence-electron chi connectivity index (χ4n) is 20.6. The first-order chi connectivity index (χ1) is 64.6. The third kappa shape index (κ3) is 34.9. The maximum atomic E-state index is 14.5. The lowest BCUT2D eigenvalue weighted by Crippen LogP contribution is -2.61. The molecule has 0 aromatic heterocycles. The number of fused-ring (bicyclic) bond motifs is 6. The zero-order chi connectivity index (χ0) is 102. The van der Waals surface area contributed by atoms with Gasteiger partial charge in [-0.2, -0.15) is 0 Å². The first-order valence-electron chi connectivity index (χ1n) is 49.8. The topological polar surface area (TPSA) is 417 Å². The van der Waals surface area contributed by atoms with Gasteiger partial charge in [0.2, 0.25) is 11.6 Å². The van der Waals surface area contributed by atoms with Gasteiger partial charge in [0.25, 0.3) is 23.4 Å². The van der Waals surface area contributed by atoms with E-state index >= 15 is 0 Å². The second-order valence-electron chi connectivity index (χ2n) is 40.7. The van der Waals surface area contributed by atoms with Crippen LogP contribution in [0.4, 0.5) is 0 Å². The Balaban J connectivity index is 0.000000405. The number of esters is 2. The van der Waals surface area contributed by atoms with Gasteiger partial charge >= 0.3 is 27.7 Å². The standard InChI is InChI=1S/C52H82N2O13P.C51H79NO13.C2H6OP/c1-31-17-13-12-14-18-32(2)43(63-8)29-39-22-20-37(7)52(61,67-39)49(58)50(59)54-24-16-15-19-41(54)51(60)66-44(34(4)27-38-21-23-40(53-68(11)62)45(28-38)64-9)30-42(55)33(3)26-36(6)47(57)48(65-10)46(56)35(5)25-31;1-30-16-12-11-13-17-31(2)42(61-8)28-38-21-19-36(7)51(60,65-38)48(57)49(58)52-23-15-14-18-39(52)50(59)64-43(33(4)26-37-20-22-40(53)44(27-37)62-9)29-41(54)32(3)25-35(6)46(56)47(63-10)45(55)34(5)24-30;1-4(2)3/h12-14,17-18,26,31,33-35,37-41,43-45,47-48,57,61H,15-16,19-25,27-30H2,1-11H3,(H,53,62);11-13,16-17,25,30,32-34,36-40,42-44,46-47,53,56,60H,14-15,18-24,26-29H2,1-10H3;1-2H3/q+1;;+1/b14-12?,17-13+,32-18?,36-26+;13-11?,16-12+,31-17?,35-25+;/t31-,33-,34-,35-,37-,38+,39+,40?,41?,43+,44+,45-,47-,48+,52-;30-,32-,33-,34-,36-,37+,38+,39?,40?,42+,43+,44-,46-,47+,51-;/m11./s1. The Morgan fingerprint density at radius 1 is 0.460 bits per heavy atom. The summed E-state index contributed by atoms with van der Waals surface area (Å²) in [5.74, 6) is -15.9. The molecule has 6 fully saturated rings. The van der Waals surface area contributed by atoms with Crippen molar-refractivity contribution < 1.29 is 130 Å². The monoisotopic (exact) mass is 1960 g/mol. The smallest absolute Gasteiger partial charge is 0.429 e. The quantitative estimate of drug-likeness (QED) is 0.0407. The van der Waals surface area contributed by atoms with Crippen LogP contribution < -0.4 is 5.09 Å². The first kappa shape index (κ1) is 119. The van der Waals surface area contributed by atoms with E-state index in [1.807, 2.05) is 116 Å². The van der Waals surface area contributed by atoms with Gasteiger partial charge in [-0.3, -0.25) is 38.4 Å². The van der Waals surface area contributed by atoms with E-state index < -0.39 is 177 Å². The van der Waals surface area contributed by atoms with Crippen molar-refractivity contribution in [2.45, 2.75) is 360 Å². The molecule has 2 amide bonds. The molecular formula is C105H167N3O27P2+2. The van der Waals surface area contributed by atoms with Crippen molar-refractivity contribution in [2.24, 2.45) is 71.0 Å². The van der Waals surface area contributed by atoms with Crippen LogP contribution in [0.25, 0.3) is 0 Å². The highest BCUT2D eigenvalue weighted by molar-refractivity contribution is 7.42. The van der Waals surface area contributed by atoms with Gasteiger partial charge in [-0.1, -0.05) is 151 Å². The Labute approximate surface area is 816 Å². The van der Waals surface area contributed by atoms with Gasteiger partial charge in [-0.05, 0) is 214 Å². The number of aliphatic hydroxyl groups is 5. The van der Waals surface area contributed by atoms with Crippen LogP contribution in [0, 0.1) is 71.0 Å². The summed E-state index contributed by atoms with van der Waals surface area (Å²) in [5, 5.41) is 60.4. The number of amides is 2. The van der Waals surface area contributed by atoms with Gasteiger partial charge in [0, 0.05) is 117 Å². The van der Waals surface area contributed by atoms with Gasteiger partial charge < -0.3 is 82.7 Å². The zero-order valence-corrected chi connectivity index (χ0v) is 87.8. The van der Waals surface area contributed by atoms with Crippen molar-refractivity contribution in [3.8, 4) is 0 Å². The van der Waals surface area contributed by atoms with Crippen LogP contribution >= 0.6 is 15.8 Å². The Morgan fingerprint density at radius 2 is 0.839 bits per heavy atom. The molecule has 0 aromatic rings. The molecule has 4 bridgehead atoms.